The van der Waals surface area contributed by atoms with E-state index in [-0.39, 0.29) is 5.91 Å². The van der Waals surface area contributed by atoms with Crippen molar-refractivity contribution in [3.05, 3.63) is 59.2 Å². The van der Waals surface area contributed by atoms with Crippen LogP contribution in [0.15, 0.2) is 36.5 Å². The van der Waals surface area contributed by atoms with Crippen molar-refractivity contribution >= 4 is 5.91 Å². The van der Waals surface area contributed by atoms with E-state index >= 15 is 0 Å². The fraction of sp³-hybridized carbons (Fsp3) is 0.353. The maximum absolute atomic E-state index is 12.0. The zero-order valence-corrected chi connectivity index (χ0v) is 12.8. The summed E-state index contributed by atoms with van der Waals surface area (Å²) in [5.41, 5.74) is 2.43. The molecule has 110 valence electrons. The predicted molar refractivity (Wildman–Crippen MR) is 83.2 cm³/mol. The van der Waals surface area contributed by atoms with E-state index in [9.17, 15) is 4.79 Å². The molecule has 0 fully saturated rings. The number of aryl methyl sites for hydroxylation is 1. The molecule has 1 aromatic heterocycles. The number of hydrogen-bond acceptors (Lipinski definition) is 3. The molecule has 0 bridgehead atoms. The Morgan fingerprint density at radius 3 is 2.57 bits per heavy atom. The van der Waals surface area contributed by atoms with Crippen LogP contribution in [-0.2, 0) is 6.42 Å². The summed E-state index contributed by atoms with van der Waals surface area (Å²) in [6.07, 6.45) is 2.30. The summed E-state index contributed by atoms with van der Waals surface area (Å²) < 4.78 is 0. The first kappa shape index (κ1) is 15.2. The zero-order chi connectivity index (χ0) is 15.2. The zero-order valence-electron chi connectivity index (χ0n) is 12.8. The van der Waals surface area contributed by atoms with Crippen LogP contribution in [0, 0.1) is 12.8 Å². The van der Waals surface area contributed by atoms with E-state index in [1.54, 1.807) is 6.20 Å². The van der Waals surface area contributed by atoms with Gasteiger partial charge in [-0.05, 0) is 18.4 Å². The Balaban J connectivity index is 2.08. The maximum atomic E-state index is 12.0. The van der Waals surface area contributed by atoms with Crippen LogP contribution in [0.2, 0.25) is 0 Å². The van der Waals surface area contributed by atoms with Crippen molar-refractivity contribution in [2.75, 3.05) is 6.54 Å². The van der Waals surface area contributed by atoms with E-state index in [4.69, 9.17) is 0 Å². The molecular formula is C17H21N3O. The van der Waals surface area contributed by atoms with Crippen LogP contribution >= 0.6 is 0 Å². The van der Waals surface area contributed by atoms with Gasteiger partial charge in [-0.15, -0.1) is 0 Å². The molecule has 0 aliphatic carbocycles. The Morgan fingerprint density at radius 2 is 1.95 bits per heavy atom. The highest BCUT2D eigenvalue weighted by Crippen LogP contribution is 2.09. The summed E-state index contributed by atoms with van der Waals surface area (Å²) in [6, 6.07) is 10.1. The van der Waals surface area contributed by atoms with Crippen molar-refractivity contribution in [2.45, 2.75) is 27.2 Å². The number of amides is 1. The van der Waals surface area contributed by atoms with Gasteiger partial charge in [0.15, 0.2) is 0 Å². The van der Waals surface area contributed by atoms with Crippen molar-refractivity contribution in [1.82, 2.24) is 15.3 Å². The van der Waals surface area contributed by atoms with Gasteiger partial charge in [0, 0.05) is 19.2 Å². The molecule has 0 aliphatic heterocycles. The van der Waals surface area contributed by atoms with Crippen LogP contribution in [0.5, 0.6) is 0 Å². The third kappa shape index (κ3) is 4.38. The molecular weight excluding hydrogens is 262 g/mol. The lowest BCUT2D eigenvalue weighted by Gasteiger charge is -2.10. The van der Waals surface area contributed by atoms with Crippen molar-refractivity contribution in [3.8, 4) is 0 Å². The van der Waals surface area contributed by atoms with Gasteiger partial charge in [0.2, 0.25) is 0 Å². The Hall–Kier alpha value is -2.23. The molecule has 0 aliphatic rings. The van der Waals surface area contributed by atoms with Crippen LogP contribution in [0.1, 0.15) is 41.3 Å². The molecule has 4 heteroatoms. The smallest absolute Gasteiger partial charge is 0.254 e. The molecule has 21 heavy (non-hydrogen) atoms. The molecule has 0 atom stereocenters. The number of benzene rings is 1. The van der Waals surface area contributed by atoms with Crippen LogP contribution in [0.4, 0.5) is 0 Å². The van der Waals surface area contributed by atoms with E-state index in [0.717, 1.165) is 17.1 Å². The second-order valence-corrected chi connectivity index (χ2v) is 5.55. The number of aromatic nitrogens is 2. The first-order valence-corrected chi connectivity index (χ1v) is 7.21. The minimum atomic E-state index is -0.104. The molecule has 1 heterocycles. The molecule has 1 amide bonds. The monoisotopic (exact) mass is 283 g/mol. The first-order chi connectivity index (χ1) is 10.1. The summed E-state index contributed by atoms with van der Waals surface area (Å²) in [5, 5.41) is 2.89. The van der Waals surface area contributed by atoms with Crippen molar-refractivity contribution < 1.29 is 4.79 Å². The van der Waals surface area contributed by atoms with Gasteiger partial charge >= 0.3 is 0 Å². The summed E-state index contributed by atoms with van der Waals surface area (Å²) in [5.74, 6) is 1.05. The molecule has 2 aromatic rings. The second kappa shape index (κ2) is 6.97. The van der Waals surface area contributed by atoms with Gasteiger partial charge in [0.25, 0.3) is 5.91 Å². The van der Waals surface area contributed by atoms with E-state index in [2.05, 4.69) is 29.1 Å². The van der Waals surface area contributed by atoms with E-state index in [0.29, 0.717) is 24.4 Å². The van der Waals surface area contributed by atoms with Crippen molar-refractivity contribution in [2.24, 2.45) is 5.92 Å². The molecule has 0 saturated heterocycles. The summed E-state index contributed by atoms with van der Waals surface area (Å²) >= 11 is 0. The average molecular weight is 283 g/mol. The number of nitrogens with one attached hydrogen (secondary N) is 1. The van der Waals surface area contributed by atoms with Crippen LogP contribution in [0.25, 0.3) is 0 Å². The molecule has 1 aromatic carbocycles. The molecule has 2 rings (SSSR count). The van der Waals surface area contributed by atoms with Gasteiger partial charge in [-0.1, -0.05) is 44.2 Å². The number of hydrogen-bond donors (Lipinski definition) is 1. The van der Waals surface area contributed by atoms with Gasteiger partial charge in [0.1, 0.15) is 5.82 Å². The van der Waals surface area contributed by atoms with Gasteiger partial charge in [0.05, 0.1) is 11.3 Å². The Labute approximate surface area is 125 Å². The Kier molecular flexibility index (Phi) is 5.04. The highest BCUT2D eigenvalue weighted by atomic mass is 16.1. The minimum Gasteiger partial charge on any atom is -0.352 e. The van der Waals surface area contributed by atoms with E-state index < -0.39 is 0 Å². The lowest BCUT2D eigenvalue weighted by Crippen LogP contribution is -2.28. The lowest BCUT2D eigenvalue weighted by molar-refractivity contribution is 0.0947. The third-order valence-corrected chi connectivity index (χ3v) is 3.15. The highest BCUT2D eigenvalue weighted by molar-refractivity contribution is 5.94. The van der Waals surface area contributed by atoms with Crippen LogP contribution < -0.4 is 5.32 Å². The highest BCUT2D eigenvalue weighted by Gasteiger charge is 2.12. The third-order valence-electron chi connectivity index (χ3n) is 3.15. The van der Waals surface area contributed by atoms with Crippen molar-refractivity contribution in [3.63, 3.8) is 0 Å². The van der Waals surface area contributed by atoms with E-state index in [1.165, 1.54) is 0 Å². The van der Waals surface area contributed by atoms with Crippen molar-refractivity contribution in [1.29, 1.82) is 0 Å². The minimum absolute atomic E-state index is 0.104. The standard InChI is InChI=1S/C17H21N3O/c1-12(2)10-19-17(21)15-11-18-16(20-13(15)3)9-14-7-5-4-6-8-14/h4-8,11-12H,9-10H2,1-3H3,(H,19,21). The normalized spacial score (nSPS) is 10.7. The topological polar surface area (TPSA) is 54.9 Å². The first-order valence-electron chi connectivity index (χ1n) is 7.21. The van der Waals surface area contributed by atoms with Gasteiger partial charge in [-0.3, -0.25) is 4.79 Å². The SMILES string of the molecule is Cc1nc(Cc2ccccc2)ncc1C(=O)NCC(C)C. The molecule has 0 spiro atoms. The maximum Gasteiger partial charge on any atom is 0.254 e. The fourth-order valence-corrected chi connectivity index (χ4v) is 1.99. The summed E-state index contributed by atoms with van der Waals surface area (Å²) in [4.78, 5) is 20.8. The number of carbonyl (C=O) groups excluding carboxylic acids is 1. The average Bonchev–Trinajstić information content (AvgIpc) is 2.46. The van der Waals surface area contributed by atoms with Gasteiger partial charge < -0.3 is 5.32 Å². The van der Waals surface area contributed by atoms with Gasteiger partial charge in [-0.2, -0.15) is 0 Å². The largest absolute Gasteiger partial charge is 0.352 e. The Morgan fingerprint density at radius 1 is 1.24 bits per heavy atom. The number of carbonyl (C=O) groups is 1. The second-order valence-electron chi connectivity index (χ2n) is 5.55. The molecule has 0 saturated carbocycles. The lowest BCUT2D eigenvalue weighted by atomic mass is 10.1. The number of nitrogens with zero attached hydrogens (tertiary/aromatic N) is 2. The molecule has 0 radical (unpaired) electrons. The number of rotatable bonds is 5. The quantitative estimate of drug-likeness (QED) is 0.918. The van der Waals surface area contributed by atoms with Crippen LogP contribution in [0.3, 0.4) is 0 Å². The fourth-order valence-electron chi connectivity index (χ4n) is 1.99. The van der Waals surface area contributed by atoms with Gasteiger partial charge in [-0.25, -0.2) is 9.97 Å². The van der Waals surface area contributed by atoms with Crippen LogP contribution in [-0.4, -0.2) is 22.4 Å². The van der Waals surface area contributed by atoms with E-state index in [1.807, 2.05) is 37.3 Å². The molecule has 1 N–H and O–H groups in total. The summed E-state index contributed by atoms with van der Waals surface area (Å²) in [6.45, 7) is 6.63. The molecule has 4 nitrogen and oxygen atoms in total. The summed E-state index contributed by atoms with van der Waals surface area (Å²) in [7, 11) is 0. The molecule has 0 unspecified atom stereocenters. The predicted octanol–water partition coefficient (Wildman–Crippen LogP) is 2.76. The Bertz CT molecular complexity index is 609.